The lowest BCUT2D eigenvalue weighted by molar-refractivity contribution is -0.171. The molecule has 0 amide bonds. The lowest BCUT2D eigenvalue weighted by Crippen LogP contribution is -2.58. The van der Waals surface area contributed by atoms with Crippen LogP contribution in [0.5, 0.6) is 0 Å². The smallest absolute Gasteiger partial charge is 0.316 e. The van der Waals surface area contributed by atoms with Crippen LogP contribution in [0.25, 0.3) is 0 Å². The molecule has 1 saturated heterocycles. The summed E-state index contributed by atoms with van der Waals surface area (Å²) in [4.78, 5) is 11.7. The van der Waals surface area contributed by atoms with Gasteiger partial charge in [-0.15, -0.1) is 0 Å². The Balaban J connectivity index is 2.94. The first-order valence-corrected chi connectivity index (χ1v) is 4.95. The fourth-order valence-electron chi connectivity index (χ4n) is 2.05. The highest BCUT2D eigenvalue weighted by molar-refractivity contribution is 5.78. The van der Waals surface area contributed by atoms with Crippen molar-refractivity contribution in [2.24, 2.45) is 5.41 Å². The molecule has 0 aromatic carbocycles. The van der Waals surface area contributed by atoms with E-state index in [4.69, 9.17) is 4.74 Å². The van der Waals surface area contributed by atoms with Crippen molar-refractivity contribution in [2.75, 3.05) is 20.2 Å². The highest BCUT2D eigenvalue weighted by Crippen LogP contribution is 2.38. The summed E-state index contributed by atoms with van der Waals surface area (Å²) < 4.78 is 4.78. The van der Waals surface area contributed by atoms with Crippen molar-refractivity contribution in [1.82, 2.24) is 5.32 Å². The van der Waals surface area contributed by atoms with Crippen LogP contribution in [0.4, 0.5) is 0 Å². The molecule has 0 aromatic heterocycles. The summed E-state index contributed by atoms with van der Waals surface area (Å²) in [5.74, 6) is -0.322. The monoisotopic (exact) mass is 201 g/mol. The highest BCUT2D eigenvalue weighted by atomic mass is 16.5. The van der Waals surface area contributed by atoms with Gasteiger partial charge in [0.05, 0.1) is 12.7 Å². The van der Waals surface area contributed by atoms with Crippen LogP contribution in [0.2, 0.25) is 0 Å². The number of carbonyl (C=O) groups excluding carboxylic acids is 1. The molecule has 1 atom stereocenters. The Kier molecular flexibility index (Phi) is 3.17. The topological polar surface area (TPSA) is 58.6 Å². The van der Waals surface area contributed by atoms with Crippen molar-refractivity contribution < 1.29 is 14.6 Å². The molecule has 1 unspecified atom stereocenters. The summed E-state index contributed by atoms with van der Waals surface area (Å²) in [6.45, 7) is 4.71. The second-order valence-corrected chi connectivity index (χ2v) is 4.41. The maximum Gasteiger partial charge on any atom is 0.316 e. The maximum absolute atomic E-state index is 11.7. The van der Waals surface area contributed by atoms with E-state index < -0.39 is 11.0 Å². The lowest BCUT2D eigenvalue weighted by atomic mass is 9.69. The first-order chi connectivity index (χ1) is 6.44. The quantitative estimate of drug-likeness (QED) is 0.631. The van der Waals surface area contributed by atoms with Crippen LogP contribution in [-0.2, 0) is 9.53 Å². The number of aliphatic hydroxyl groups is 1. The van der Waals surface area contributed by atoms with Gasteiger partial charge < -0.3 is 15.2 Å². The largest absolute Gasteiger partial charge is 0.468 e. The fraction of sp³-hybridized carbons (Fsp3) is 0.900. The fourth-order valence-corrected chi connectivity index (χ4v) is 2.05. The molecule has 0 saturated carbocycles. The number of ether oxygens (including phenoxy) is 1. The third-order valence-corrected chi connectivity index (χ3v) is 3.13. The van der Waals surface area contributed by atoms with E-state index in [-0.39, 0.29) is 5.97 Å². The van der Waals surface area contributed by atoms with Crippen LogP contribution >= 0.6 is 0 Å². The number of piperidine rings is 1. The number of rotatable bonds is 2. The van der Waals surface area contributed by atoms with Crippen LogP contribution in [0.15, 0.2) is 0 Å². The number of hydrogen-bond donors (Lipinski definition) is 2. The molecular formula is C10H19NO3. The standard InChI is InChI=1S/C10H19NO3/c1-9(2,13)10(8(12)14-3)5-4-6-11-7-10/h11,13H,4-7H2,1-3H3. The Morgan fingerprint density at radius 3 is 2.57 bits per heavy atom. The van der Waals surface area contributed by atoms with Crippen molar-refractivity contribution in [1.29, 1.82) is 0 Å². The molecule has 4 heteroatoms. The molecule has 82 valence electrons. The summed E-state index contributed by atoms with van der Waals surface area (Å²) in [6.07, 6.45) is 1.56. The van der Waals surface area contributed by atoms with Gasteiger partial charge in [-0.05, 0) is 33.2 Å². The van der Waals surface area contributed by atoms with Gasteiger partial charge in [0.25, 0.3) is 0 Å². The van der Waals surface area contributed by atoms with Crippen molar-refractivity contribution in [3.63, 3.8) is 0 Å². The molecule has 4 nitrogen and oxygen atoms in total. The van der Waals surface area contributed by atoms with E-state index in [1.807, 2.05) is 0 Å². The summed E-state index contributed by atoms with van der Waals surface area (Å²) >= 11 is 0. The van der Waals surface area contributed by atoms with Crippen molar-refractivity contribution in [2.45, 2.75) is 32.3 Å². The summed E-state index contributed by atoms with van der Waals surface area (Å²) in [5, 5.41) is 13.2. The summed E-state index contributed by atoms with van der Waals surface area (Å²) in [7, 11) is 1.37. The first-order valence-electron chi connectivity index (χ1n) is 4.95. The van der Waals surface area contributed by atoms with Crippen LogP contribution in [0, 0.1) is 5.41 Å². The van der Waals surface area contributed by atoms with E-state index in [0.29, 0.717) is 13.0 Å². The van der Waals surface area contributed by atoms with Gasteiger partial charge in [0, 0.05) is 6.54 Å². The predicted molar refractivity (Wildman–Crippen MR) is 52.9 cm³/mol. The predicted octanol–water partition coefficient (Wildman–Crippen LogP) is 0.300. The average Bonchev–Trinajstić information content (AvgIpc) is 2.16. The molecule has 1 fully saturated rings. The second-order valence-electron chi connectivity index (χ2n) is 4.41. The minimum Gasteiger partial charge on any atom is -0.468 e. The van der Waals surface area contributed by atoms with Crippen molar-refractivity contribution in [3.05, 3.63) is 0 Å². The molecule has 0 bridgehead atoms. The highest BCUT2D eigenvalue weighted by Gasteiger charge is 2.51. The average molecular weight is 201 g/mol. The van der Waals surface area contributed by atoms with Gasteiger partial charge >= 0.3 is 5.97 Å². The van der Waals surface area contributed by atoms with E-state index in [2.05, 4.69) is 5.32 Å². The molecule has 0 radical (unpaired) electrons. The van der Waals surface area contributed by atoms with E-state index in [0.717, 1.165) is 13.0 Å². The number of nitrogens with one attached hydrogen (secondary N) is 1. The molecule has 0 aliphatic carbocycles. The molecule has 0 aromatic rings. The van der Waals surface area contributed by atoms with Crippen molar-refractivity contribution >= 4 is 5.97 Å². The molecule has 14 heavy (non-hydrogen) atoms. The SMILES string of the molecule is COC(=O)C1(C(C)(C)O)CCCNC1. The Morgan fingerprint density at radius 1 is 1.57 bits per heavy atom. The van der Waals surface area contributed by atoms with Crippen LogP contribution in [-0.4, -0.2) is 36.9 Å². The molecule has 1 aliphatic rings. The Morgan fingerprint density at radius 2 is 2.21 bits per heavy atom. The van der Waals surface area contributed by atoms with E-state index in [1.165, 1.54) is 7.11 Å². The normalized spacial score (nSPS) is 28.6. The van der Waals surface area contributed by atoms with Gasteiger partial charge in [-0.1, -0.05) is 0 Å². The number of esters is 1. The third kappa shape index (κ3) is 1.77. The molecule has 1 rings (SSSR count). The Labute approximate surface area is 84.6 Å². The van der Waals surface area contributed by atoms with Crippen molar-refractivity contribution in [3.8, 4) is 0 Å². The Bertz CT molecular complexity index is 214. The van der Waals surface area contributed by atoms with Gasteiger partial charge in [-0.3, -0.25) is 4.79 Å². The molecule has 0 spiro atoms. The first kappa shape index (κ1) is 11.5. The molecule has 2 N–H and O–H groups in total. The second kappa shape index (κ2) is 3.87. The van der Waals surface area contributed by atoms with Gasteiger partial charge in [-0.2, -0.15) is 0 Å². The van der Waals surface area contributed by atoms with Crippen LogP contribution < -0.4 is 5.32 Å². The number of hydrogen-bond acceptors (Lipinski definition) is 4. The third-order valence-electron chi connectivity index (χ3n) is 3.13. The zero-order valence-electron chi connectivity index (χ0n) is 9.09. The Hall–Kier alpha value is -0.610. The van der Waals surface area contributed by atoms with Crippen LogP contribution in [0.3, 0.4) is 0 Å². The minimum atomic E-state index is -1.05. The van der Waals surface area contributed by atoms with Gasteiger partial charge in [0.1, 0.15) is 5.41 Å². The molecular weight excluding hydrogens is 182 g/mol. The van der Waals surface area contributed by atoms with Crippen LogP contribution in [0.1, 0.15) is 26.7 Å². The zero-order chi connectivity index (χ0) is 10.8. The van der Waals surface area contributed by atoms with E-state index in [1.54, 1.807) is 13.8 Å². The molecule has 1 aliphatic heterocycles. The van der Waals surface area contributed by atoms with Gasteiger partial charge in [0.2, 0.25) is 0 Å². The van der Waals surface area contributed by atoms with E-state index in [9.17, 15) is 9.90 Å². The zero-order valence-corrected chi connectivity index (χ0v) is 9.09. The van der Waals surface area contributed by atoms with Gasteiger partial charge in [-0.25, -0.2) is 0 Å². The minimum absolute atomic E-state index is 0.322. The summed E-state index contributed by atoms with van der Waals surface area (Å²) in [5.41, 5.74) is -1.84. The number of carbonyl (C=O) groups is 1. The molecule has 1 heterocycles. The lowest BCUT2D eigenvalue weighted by Gasteiger charge is -2.43. The summed E-state index contributed by atoms with van der Waals surface area (Å²) in [6, 6.07) is 0. The van der Waals surface area contributed by atoms with Gasteiger partial charge in [0.15, 0.2) is 0 Å². The maximum atomic E-state index is 11.7. The number of methoxy groups -OCH3 is 1. The van der Waals surface area contributed by atoms with E-state index >= 15 is 0 Å².